The van der Waals surface area contributed by atoms with E-state index in [-0.39, 0.29) is 6.61 Å². The van der Waals surface area contributed by atoms with E-state index in [4.69, 9.17) is 29.4 Å². The van der Waals surface area contributed by atoms with Gasteiger partial charge in [0.1, 0.15) is 18.8 Å². The lowest BCUT2D eigenvalue weighted by molar-refractivity contribution is -0.271. The normalized spacial score (nSPS) is 26.5. The minimum Gasteiger partial charge on any atom is -0.463 e. The number of rotatable bonds is 7. The number of carbonyl (C=O) groups excluding carboxylic acids is 5. The first kappa shape index (κ1) is 23.3. The van der Waals surface area contributed by atoms with Gasteiger partial charge in [0, 0.05) is 27.7 Å². The van der Waals surface area contributed by atoms with Crippen molar-refractivity contribution >= 4 is 29.8 Å². The molecule has 3 N–H and O–H groups in total. The van der Waals surface area contributed by atoms with Crippen LogP contribution in [0.2, 0.25) is 0 Å². The highest BCUT2D eigenvalue weighted by Gasteiger charge is 2.52. The van der Waals surface area contributed by atoms with E-state index in [1.54, 1.807) is 0 Å². The molecule has 1 heterocycles. The van der Waals surface area contributed by atoms with Gasteiger partial charge in [-0.3, -0.25) is 24.0 Å². The Morgan fingerprint density at radius 3 is 1.86 bits per heavy atom. The Kier molecular flexibility index (Phi) is 8.79. The summed E-state index contributed by atoms with van der Waals surface area (Å²) in [5.41, 5.74) is 5.30. The fraction of sp³-hybridized carbons (Fsp3) is 0.688. The molecule has 2 unspecified atom stereocenters. The monoisotopic (exact) mass is 404 g/mol. The number of hydrogen-bond acceptors (Lipinski definition) is 11. The van der Waals surface area contributed by atoms with Crippen molar-refractivity contribution in [1.82, 2.24) is 5.32 Å². The lowest BCUT2D eigenvalue weighted by Gasteiger charge is -2.44. The molecule has 0 saturated carbocycles. The SMILES string of the molecule is CC(=O)OCC1O[C@@H](OC(C)=O)C(NC(=O)CN)[C@@H](OC(C)=O)[C@H]1OC(C)=O. The van der Waals surface area contributed by atoms with Gasteiger partial charge in [0.05, 0.1) is 6.54 Å². The number of ether oxygens (including phenoxy) is 5. The largest absolute Gasteiger partial charge is 0.463 e. The van der Waals surface area contributed by atoms with E-state index in [0.29, 0.717) is 0 Å². The summed E-state index contributed by atoms with van der Waals surface area (Å²) < 4.78 is 26.0. The Hall–Kier alpha value is -2.73. The van der Waals surface area contributed by atoms with Crippen LogP contribution in [-0.2, 0) is 47.7 Å². The fourth-order valence-electron chi connectivity index (χ4n) is 2.56. The van der Waals surface area contributed by atoms with Crippen molar-refractivity contribution in [2.75, 3.05) is 13.2 Å². The van der Waals surface area contributed by atoms with Crippen LogP contribution < -0.4 is 11.1 Å². The topological polar surface area (TPSA) is 170 Å². The third-order valence-electron chi connectivity index (χ3n) is 3.50. The van der Waals surface area contributed by atoms with Crippen LogP contribution in [0.1, 0.15) is 27.7 Å². The van der Waals surface area contributed by atoms with E-state index in [1.165, 1.54) is 0 Å². The Labute approximate surface area is 160 Å². The van der Waals surface area contributed by atoms with Crippen LogP contribution >= 0.6 is 0 Å². The summed E-state index contributed by atoms with van der Waals surface area (Å²) in [7, 11) is 0. The average molecular weight is 404 g/mol. The molecule has 12 heteroatoms. The minimum atomic E-state index is -1.43. The molecular formula is C16H24N2O10. The number of amides is 1. The molecular weight excluding hydrogens is 380 g/mol. The van der Waals surface area contributed by atoms with E-state index in [1.807, 2.05) is 0 Å². The second-order valence-electron chi connectivity index (χ2n) is 5.90. The van der Waals surface area contributed by atoms with E-state index in [0.717, 1.165) is 27.7 Å². The first-order valence-corrected chi connectivity index (χ1v) is 8.35. The lowest BCUT2D eigenvalue weighted by atomic mass is 9.96. The van der Waals surface area contributed by atoms with Crippen molar-refractivity contribution in [3.8, 4) is 0 Å². The zero-order chi connectivity index (χ0) is 21.4. The number of esters is 4. The highest BCUT2D eigenvalue weighted by Crippen LogP contribution is 2.28. The molecule has 1 aliphatic rings. The second-order valence-corrected chi connectivity index (χ2v) is 5.90. The van der Waals surface area contributed by atoms with Gasteiger partial charge in [-0.15, -0.1) is 0 Å². The maximum absolute atomic E-state index is 11.8. The van der Waals surface area contributed by atoms with Gasteiger partial charge in [0.2, 0.25) is 12.2 Å². The van der Waals surface area contributed by atoms with Crippen LogP contribution in [-0.4, -0.2) is 73.6 Å². The molecule has 1 rings (SSSR count). The summed E-state index contributed by atoms with van der Waals surface area (Å²) in [4.78, 5) is 57.6. The molecule has 0 aliphatic carbocycles. The minimum absolute atomic E-state index is 0.389. The standard InChI is InChI=1S/C16H24N2O10/c1-7(19)24-6-11-14(25-8(2)20)15(26-9(3)21)13(18-12(23)5-17)16(28-11)27-10(4)22/h11,13-16H,5-6,17H2,1-4H3,(H,18,23)/t11?,13?,14-,15+,16+/m0/s1. The summed E-state index contributed by atoms with van der Waals surface area (Å²) in [5.74, 6) is -3.56. The smallest absolute Gasteiger partial charge is 0.305 e. The van der Waals surface area contributed by atoms with Crippen molar-refractivity contribution in [3.63, 3.8) is 0 Å². The molecule has 5 atom stereocenters. The summed E-state index contributed by atoms with van der Waals surface area (Å²) in [6, 6.07) is -1.23. The second kappa shape index (κ2) is 10.6. The van der Waals surface area contributed by atoms with Gasteiger partial charge >= 0.3 is 23.9 Å². The van der Waals surface area contributed by atoms with Gasteiger partial charge in [-0.25, -0.2) is 0 Å². The zero-order valence-corrected chi connectivity index (χ0v) is 16.0. The molecule has 0 spiro atoms. The van der Waals surface area contributed by atoms with E-state index >= 15 is 0 Å². The van der Waals surface area contributed by atoms with Gasteiger partial charge < -0.3 is 34.7 Å². The predicted molar refractivity (Wildman–Crippen MR) is 89.2 cm³/mol. The van der Waals surface area contributed by atoms with Crippen LogP contribution in [0, 0.1) is 0 Å². The number of carbonyl (C=O) groups is 5. The molecule has 1 aliphatic heterocycles. The Balaban J connectivity index is 3.31. The van der Waals surface area contributed by atoms with Gasteiger partial charge in [-0.2, -0.15) is 0 Å². The molecule has 0 aromatic carbocycles. The zero-order valence-electron chi connectivity index (χ0n) is 16.0. The van der Waals surface area contributed by atoms with Gasteiger partial charge in [-0.1, -0.05) is 0 Å². The number of nitrogens with one attached hydrogen (secondary N) is 1. The van der Waals surface area contributed by atoms with E-state index in [9.17, 15) is 24.0 Å². The van der Waals surface area contributed by atoms with Crippen molar-refractivity contribution in [3.05, 3.63) is 0 Å². The summed E-state index contributed by atoms with van der Waals surface area (Å²) >= 11 is 0. The van der Waals surface area contributed by atoms with Gasteiger partial charge in [0.25, 0.3) is 0 Å². The van der Waals surface area contributed by atoms with Crippen LogP contribution in [0.15, 0.2) is 0 Å². The van der Waals surface area contributed by atoms with Crippen molar-refractivity contribution in [2.45, 2.75) is 58.3 Å². The first-order valence-electron chi connectivity index (χ1n) is 8.35. The number of hydrogen-bond donors (Lipinski definition) is 2. The summed E-state index contributed by atoms with van der Waals surface area (Å²) in [6.45, 7) is 3.67. The Morgan fingerprint density at radius 1 is 0.857 bits per heavy atom. The molecule has 0 aromatic heterocycles. The molecule has 12 nitrogen and oxygen atoms in total. The third kappa shape index (κ3) is 7.12. The molecule has 1 saturated heterocycles. The predicted octanol–water partition coefficient (Wildman–Crippen LogP) is -1.86. The van der Waals surface area contributed by atoms with Crippen molar-refractivity contribution in [1.29, 1.82) is 0 Å². The van der Waals surface area contributed by atoms with E-state index < -0.39 is 67.0 Å². The van der Waals surface area contributed by atoms with Crippen LogP contribution in [0.4, 0.5) is 0 Å². The average Bonchev–Trinajstić information content (AvgIpc) is 2.56. The van der Waals surface area contributed by atoms with E-state index in [2.05, 4.69) is 5.32 Å². The Bertz CT molecular complexity index is 623. The molecule has 1 amide bonds. The molecule has 0 radical (unpaired) electrons. The quantitative estimate of drug-likeness (QED) is 0.360. The Morgan fingerprint density at radius 2 is 1.39 bits per heavy atom. The van der Waals surface area contributed by atoms with Crippen LogP contribution in [0.3, 0.4) is 0 Å². The summed E-state index contributed by atoms with van der Waals surface area (Å²) in [6.07, 6.45) is -5.15. The van der Waals surface area contributed by atoms with Gasteiger partial charge in [-0.05, 0) is 0 Å². The highest BCUT2D eigenvalue weighted by molar-refractivity contribution is 5.78. The maximum Gasteiger partial charge on any atom is 0.305 e. The lowest BCUT2D eigenvalue weighted by Crippen LogP contribution is -2.67. The van der Waals surface area contributed by atoms with Gasteiger partial charge in [0.15, 0.2) is 12.2 Å². The van der Waals surface area contributed by atoms with Crippen molar-refractivity contribution in [2.24, 2.45) is 5.73 Å². The fourth-order valence-corrected chi connectivity index (χ4v) is 2.56. The van der Waals surface area contributed by atoms with Crippen LogP contribution in [0.5, 0.6) is 0 Å². The summed E-state index contributed by atoms with van der Waals surface area (Å²) in [5, 5.41) is 2.43. The molecule has 158 valence electrons. The number of nitrogens with two attached hydrogens (primary N) is 1. The highest BCUT2D eigenvalue weighted by atomic mass is 16.7. The molecule has 0 bridgehead atoms. The third-order valence-corrected chi connectivity index (χ3v) is 3.50. The van der Waals surface area contributed by atoms with Crippen LogP contribution in [0.25, 0.3) is 0 Å². The first-order chi connectivity index (χ1) is 13.0. The molecule has 1 fully saturated rings. The molecule has 0 aromatic rings. The molecule has 28 heavy (non-hydrogen) atoms. The van der Waals surface area contributed by atoms with Crippen molar-refractivity contribution < 1.29 is 47.7 Å². The maximum atomic E-state index is 11.8.